The molecule has 1 amide bonds. The van der Waals surface area contributed by atoms with Gasteiger partial charge >= 0.3 is 0 Å². The summed E-state index contributed by atoms with van der Waals surface area (Å²) in [6.07, 6.45) is 2.37. The fraction of sp³-hybridized carbons (Fsp3) is 0.312. The van der Waals surface area contributed by atoms with E-state index in [0.29, 0.717) is 12.3 Å². The minimum Gasteiger partial charge on any atom is -0.467 e. The number of rotatable bonds is 7. The van der Waals surface area contributed by atoms with Crippen LogP contribution in [0.3, 0.4) is 0 Å². The third-order valence-electron chi connectivity index (χ3n) is 3.56. The first-order chi connectivity index (χ1) is 11.6. The molecule has 0 aliphatic heterocycles. The van der Waals surface area contributed by atoms with Crippen LogP contribution in [0.15, 0.2) is 45.5 Å². The summed E-state index contributed by atoms with van der Waals surface area (Å²) in [5.41, 5.74) is 0. The number of amides is 1. The van der Waals surface area contributed by atoms with Gasteiger partial charge in [0, 0.05) is 25.4 Å². The minimum atomic E-state index is 0.0270. The van der Waals surface area contributed by atoms with E-state index in [2.05, 4.69) is 21.6 Å². The van der Waals surface area contributed by atoms with Crippen LogP contribution < -0.4 is 0 Å². The quantitative estimate of drug-likeness (QED) is 0.605. The van der Waals surface area contributed by atoms with Gasteiger partial charge in [-0.05, 0) is 23.6 Å². The molecule has 3 rings (SSSR count). The van der Waals surface area contributed by atoms with Gasteiger partial charge in [0.2, 0.25) is 5.91 Å². The maximum Gasteiger partial charge on any atom is 0.233 e. The summed E-state index contributed by atoms with van der Waals surface area (Å²) in [4.78, 5) is 15.1. The second-order valence-electron chi connectivity index (χ2n) is 5.33. The molecule has 0 fully saturated rings. The Morgan fingerprint density at radius 2 is 2.25 bits per heavy atom. The Balaban J connectivity index is 1.54. The molecule has 6 nitrogen and oxygen atoms in total. The molecular weight excluding hydrogens is 344 g/mol. The molecule has 3 heterocycles. The van der Waals surface area contributed by atoms with Crippen molar-refractivity contribution in [3.8, 4) is 0 Å². The fourth-order valence-electron chi connectivity index (χ4n) is 2.15. The monoisotopic (exact) mass is 362 g/mol. The van der Waals surface area contributed by atoms with Crippen LogP contribution in [-0.2, 0) is 24.8 Å². The number of aromatic nitrogens is 3. The Bertz CT molecular complexity index is 781. The van der Waals surface area contributed by atoms with Gasteiger partial charge in [0.1, 0.15) is 11.6 Å². The summed E-state index contributed by atoms with van der Waals surface area (Å²) in [7, 11) is 3.70. The van der Waals surface area contributed by atoms with Crippen molar-refractivity contribution in [1.29, 1.82) is 0 Å². The third-order valence-corrected chi connectivity index (χ3v) is 5.44. The maximum atomic E-state index is 12.2. The van der Waals surface area contributed by atoms with E-state index in [1.165, 1.54) is 16.6 Å². The first-order valence-electron chi connectivity index (χ1n) is 7.43. The second kappa shape index (κ2) is 7.67. The van der Waals surface area contributed by atoms with Crippen LogP contribution in [0, 0.1) is 0 Å². The predicted molar refractivity (Wildman–Crippen MR) is 94.0 cm³/mol. The Morgan fingerprint density at radius 3 is 2.96 bits per heavy atom. The standard InChI is InChI=1S/C16H18N4O2S2/c1-19(10-12-5-3-7-22-12)15(21)11-24-16-18-17-14(20(16)2)9-13-6-4-8-23-13/h3-8H,9-11H2,1-2H3. The summed E-state index contributed by atoms with van der Waals surface area (Å²) in [5.74, 6) is 2.02. The first kappa shape index (κ1) is 16.8. The van der Waals surface area contributed by atoms with Crippen molar-refractivity contribution < 1.29 is 9.21 Å². The molecule has 0 N–H and O–H groups in total. The van der Waals surface area contributed by atoms with Crippen LogP contribution in [0.4, 0.5) is 0 Å². The van der Waals surface area contributed by atoms with Gasteiger partial charge in [-0.2, -0.15) is 0 Å². The van der Waals surface area contributed by atoms with E-state index in [1.54, 1.807) is 29.5 Å². The zero-order chi connectivity index (χ0) is 16.9. The summed E-state index contributed by atoms with van der Waals surface area (Å²) >= 11 is 3.10. The molecule has 0 bridgehead atoms. The van der Waals surface area contributed by atoms with Crippen molar-refractivity contribution in [2.45, 2.75) is 18.1 Å². The van der Waals surface area contributed by atoms with E-state index in [9.17, 15) is 4.79 Å². The molecule has 8 heteroatoms. The average Bonchev–Trinajstić information content (AvgIpc) is 3.31. The van der Waals surface area contributed by atoms with Gasteiger partial charge in [0.15, 0.2) is 5.16 Å². The second-order valence-corrected chi connectivity index (χ2v) is 7.31. The summed E-state index contributed by atoms with van der Waals surface area (Å²) < 4.78 is 7.21. The van der Waals surface area contributed by atoms with Crippen LogP contribution >= 0.6 is 23.1 Å². The van der Waals surface area contributed by atoms with Crippen LogP contribution in [0.2, 0.25) is 0 Å². The summed E-state index contributed by atoms with van der Waals surface area (Å²) in [5, 5.41) is 11.2. The van der Waals surface area contributed by atoms with Crippen molar-refractivity contribution in [3.63, 3.8) is 0 Å². The van der Waals surface area contributed by atoms with Crippen LogP contribution in [-0.4, -0.2) is 38.4 Å². The molecule has 0 saturated carbocycles. The number of hydrogen-bond acceptors (Lipinski definition) is 6. The van der Waals surface area contributed by atoms with Gasteiger partial charge < -0.3 is 13.9 Å². The molecule has 0 aromatic carbocycles. The van der Waals surface area contributed by atoms with E-state index in [-0.39, 0.29) is 5.91 Å². The number of furan rings is 1. The molecule has 0 aliphatic carbocycles. The van der Waals surface area contributed by atoms with Crippen molar-refractivity contribution in [3.05, 3.63) is 52.4 Å². The van der Waals surface area contributed by atoms with Gasteiger partial charge in [-0.15, -0.1) is 21.5 Å². The van der Waals surface area contributed by atoms with E-state index in [1.807, 2.05) is 29.8 Å². The molecule has 126 valence electrons. The molecule has 0 atom stereocenters. The summed E-state index contributed by atoms with van der Waals surface area (Å²) in [6, 6.07) is 7.78. The SMILES string of the molecule is CN(Cc1ccco1)C(=O)CSc1nnc(Cc2cccs2)n1C. The number of carbonyl (C=O) groups is 1. The third kappa shape index (κ3) is 4.07. The minimum absolute atomic E-state index is 0.0270. The lowest BCUT2D eigenvalue weighted by Crippen LogP contribution is -2.27. The van der Waals surface area contributed by atoms with Crippen molar-refractivity contribution in [2.75, 3.05) is 12.8 Å². The maximum absolute atomic E-state index is 12.2. The van der Waals surface area contributed by atoms with E-state index >= 15 is 0 Å². The van der Waals surface area contributed by atoms with E-state index < -0.39 is 0 Å². The topological polar surface area (TPSA) is 64.2 Å². The first-order valence-corrected chi connectivity index (χ1v) is 9.30. The molecule has 0 radical (unpaired) electrons. The highest BCUT2D eigenvalue weighted by Crippen LogP contribution is 2.19. The smallest absolute Gasteiger partial charge is 0.233 e. The summed E-state index contributed by atoms with van der Waals surface area (Å²) in [6.45, 7) is 0.467. The number of hydrogen-bond donors (Lipinski definition) is 0. The van der Waals surface area contributed by atoms with Crippen LogP contribution in [0.25, 0.3) is 0 Å². The molecule has 0 unspecified atom stereocenters. The largest absolute Gasteiger partial charge is 0.467 e. The predicted octanol–water partition coefficient (Wildman–Crippen LogP) is 2.81. The van der Waals surface area contributed by atoms with Crippen molar-refractivity contribution in [2.24, 2.45) is 7.05 Å². The Kier molecular flexibility index (Phi) is 5.37. The normalized spacial score (nSPS) is 10.9. The molecular formula is C16H18N4O2S2. The molecule has 24 heavy (non-hydrogen) atoms. The number of nitrogens with zero attached hydrogens (tertiary/aromatic N) is 4. The highest BCUT2D eigenvalue weighted by Gasteiger charge is 2.15. The average molecular weight is 362 g/mol. The molecule has 0 spiro atoms. The Labute approximate surface area is 148 Å². The fourth-order valence-corrected chi connectivity index (χ4v) is 3.73. The van der Waals surface area contributed by atoms with Crippen LogP contribution in [0.5, 0.6) is 0 Å². The molecule has 0 saturated heterocycles. The van der Waals surface area contributed by atoms with Crippen molar-refractivity contribution in [1.82, 2.24) is 19.7 Å². The van der Waals surface area contributed by atoms with Gasteiger partial charge in [0.25, 0.3) is 0 Å². The van der Waals surface area contributed by atoms with Crippen LogP contribution in [0.1, 0.15) is 16.5 Å². The number of carbonyl (C=O) groups excluding carboxylic acids is 1. The van der Waals surface area contributed by atoms with E-state index in [0.717, 1.165) is 23.2 Å². The lowest BCUT2D eigenvalue weighted by Gasteiger charge is -2.15. The molecule has 3 aromatic rings. The Hall–Kier alpha value is -2.06. The molecule has 3 aromatic heterocycles. The Morgan fingerprint density at radius 1 is 1.38 bits per heavy atom. The zero-order valence-electron chi connectivity index (χ0n) is 13.5. The number of thioether (sulfide) groups is 1. The lowest BCUT2D eigenvalue weighted by molar-refractivity contribution is -0.127. The number of thiophene rings is 1. The zero-order valence-corrected chi connectivity index (χ0v) is 15.1. The van der Waals surface area contributed by atoms with Gasteiger partial charge in [-0.1, -0.05) is 17.8 Å². The highest BCUT2D eigenvalue weighted by atomic mass is 32.2. The van der Waals surface area contributed by atoms with E-state index in [4.69, 9.17) is 4.42 Å². The van der Waals surface area contributed by atoms with Crippen molar-refractivity contribution >= 4 is 29.0 Å². The lowest BCUT2D eigenvalue weighted by atomic mass is 10.3. The van der Waals surface area contributed by atoms with Gasteiger partial charge in [-0.25, -0.2) is 0 Å². The van der Waals surface area contributed by atoms with Gasteiger partial charge in [0.05, 0.1) is 18.6 Å². The highest BCUT2D eigenvalue weighted by molar-refractivity contribution is 7.99. The molecule has 0 aliphatic rings. The van der Waals surface area contributed by atoms with Gasteiger partial charge in [-0.3, -0.25) is 4.79 Å².